The summed E-state index contributed by atoms with van der Waals surface area (Å²) < 4.78 is 16.4. The fraction of sp³-hybridized carbons (Fsp3) is 0.227. The summed E-state index contributed by atoms with van der Waals surface area (Å²) >= 11 is 0. The quantitative estimate of drug-likeness (QED) is 0.579. The Hall–Kier alpha value is -3.65. The van der Waals surface area contributed by atoms with E-state index in [0.717, 1.165) is 0 Å². The van der Waals surface area contributed by atoms with Crippen molar-refractivity contribution in [1.82, 2.24) is 10.6 Å². The van der Waals surface area contributed by atoms with Crippen LogP contribution in [0, 0.1) is 0 Å². The number of amides is 3. The lowest BCUT2D eigenvalue weighted by Gasteiger charge is -2.17. The van der Waals surface area contributed by atoms with Gasteiger partial charge in [0, 0.05) is 30.2 Å². The number of methoxy groups -OCH3 is 1. The second kappa shape index (κ2) is 9.71. The van der Waals surface area contributed by atoms with Crippen molar-refractivity contribution in [2.24, 2.45) is 0 Å². The fourth-order valence-electron chi connectivity index (χ4n) is 2.99. The Bertz CT molecular complexity index is 1040. The average Bonchev–Trinajstić information content (AvgIpc) is 3.11. The number of rotatable bonds is 7. The SMILES string of the molecule is CCNC(=O)NC(=O)[C@H](OC(=O)c1oc2ccccc2c1COC)c1ccccc1. The van der Waals surface area contributed by atoms with Crippen LogP contribution in [-0.4, -0.2) is 31.6 Å². The van der Waals surface area contributed by atoms with Gasteiger partial charge in [-0.1, -0.05) is 48.5 Å². The zero-order valence-electron chi connectivity index (χ0n) is 16.6. The number of fused-ring (bicyclic) bond motifs is 1. The highest BCUT2D eigenvalue weighted by Gasteiger charge is 2.30. The largest absolute Gasteiger partial charge is 0.449 e. The van der Waals surface area contributed by atoms with Crippen molar-refractivity contribution in [3.8, 4) is 0 Å². The van der Waals surface area contributed by atoms with E-state index in [4.69, 9.17) is 13.9 Å². The number of urea groups is 1. The molecule has 8 heteroatoms. The van der Waals surface area contributed by atoms with E-state index in [1.54, 1.807) is 55.5 Å². The zero-order valence-corrected chi connectivity index (χ0v) is 16.6. The van der Waals surface area contributed by atoms with E-state index in [0.29, 0.717) is 28.6 Å². The Kier molecular flexibility index (Phi) is 6.82. The molecule has 3 rings (SSSR count). The molecule has 3 amide bonds. The lowest BCUT2D eigenvalue weighted by atomic mass is 10.1. The molecule has 0 aliphatic carbocycles. The van der Waals surface area contributed by atoms with Gasteiger partial charge in [-0.25, -0.2) is 9.59 Å². The molecule has 30 heavy (non-hydrogen) atoms. The number of carbonyl (C=O) groups excluding carboxylic acids is 3. The van der Waals surface area contributed by atoms with Gasteiger partial charge in [-0.3, -0.25) is 10.1 Å². The second-order valence-corrected chi connectivity index (χ2v) is 6.38. The van der Waals surface area contributed by atoms with Gasteiger partial charge in [-0.05, 0) is 13.0 Å². The van der Waals surface area contributed by atoms with E-state index < -0.39 is 24.0 Å². The lowest BCUT2D eigenvalue weighted by molar-refractivity contribution is -0.129. The van der Waals surface area contributed by atoms with Crippen LogP contribution in [-0.2, 0) is 20.9 Å². The summed E-state index contributed by atoms with van der Waals surface area (Å²) in [6.45, 7) is 2.19. The predicted octanol–water partition coefficient (Wildman–Crippen LogP) is 3.32. The topological polar surface area (TPSA) is 107 Å². The molecule has 3 aromatic rings. The molecule has 0 aliphatic rings. The first-order valence-corrected chi connectivity index (χ1v) is 9.39. The Balaban J connectivity index is 1.92. The first-order valence-electron chi connectivity index (χ1n) is 9.39. The molecular weight excluding hydrogens is 388 g/mol. The number of nitrogens with one attached hydrogen (secondary N) is 2. The molecule has 0 spiro atoms. The summed E-state index contributed by atoms with van der Waals surface area (Å²) in [5, 5.41) is 5.36. The normalized spacial score (nSPS) is 11.7. The summed E-state index contributed by atoms with van der Waals surface area (Å²) in [5.41, 5.74) is 1.44. The third-order valence-electron chi connectivity index (χ3n) is 4.31. The molecule has 0 fully saturated rings. The van der Waals surface area contributed by atoms with Crippen LogP contribution in [0.15, 0.2) is 59.0 Å². The molecule has 156 valence electrons. The van der Waals surface area contributed by atoms with Crippen molar-refractivity contribution in [3.05, 3.63) is 71.5 Å². The summed E-state index contributed by atoms with van der Waals surface area (Å²) in [6.07, 6.45) is -1.34. The summed E-state index contributed by atoms with van der Waals surface area (Å²) in [7, 11) is 1.50. The summed E-state index contributed by atoms with van der Waals surface area (Å²) in [5.74, 6) is -1.66. The molecule has 1 heterocycles. The third-order valence-corrected chi connectivity index (χ3v) is 4.31. The molecule has 1 atom stereocenters. The number of esters is 1. The van der Waals surface area contributed by atoms with Crippen LogP contribution in [0.3, 0.4) is 0 Å². The number of imide groups is 1. The Morgan fingerprint density at radius 3 is 2.43 bits per heavy atom. The summed E-state index contributed by atoms with van der Waals surface area (Å²) in [4.78, 5) is 37.4. The molecule has 0 saturated heterocycles. The first-order chi connectivity index (χ1) is 14.5. The van der Waals surface area contributed by atoms with Crippen LogP contribution in [0.25, 0.3) is 11.0 Å². The van der Waals surface area contributed by atoms with Gasteiger partial charge in [0.2, 0.25) is 11.9 Å². The number of ether oxygens (including phenoxy) is 2. The van der Waals surface area contributed by atoms with Gasteiger partial charge in [-0.2, -0.15) is 0 Å². The van der Waals surface area contributed by atoms with Crippen molar-refractivity contribution in [1.29, 1.82) is 0 Å². The molecule has 0 radical (unpaired) electrons. The Morgan fingerprint density at radius 1 is 1.03 bits per heavy atom. The maximum Gasteiger partial charge on any atom is 0.375 e. The molecular formula is C22H22N2O6. The van der Waals surface area contributed by atoms with E-state index in [2.05, 4.69) is 10.6 Å². The highest BCUT2D eigenvalue weighted by molar-refractivity contribution is 6.00. The fourth-order valence-corrected chi connectivity index (χ4v) is 2.99. The maximum atomic E-state index is 13.0. The van der Waals surface area contributed by atoms with E-state index >= 15 is 0 Å². The van der Waals surface area contributed by atoms with Crippen LogP contribution >= 0.6 is 0 Å². The van der Waals surface area contributed by atoms with E-state index in [1.807, 2.05) is 6.07 Å². The minimum absolute atomic E-state index is 0.0511. The standard InChI is InChI=1S/C22H22N2O6/c1-3-23-22(27)24-20(25)18(14-9-5-4-6-10-14)30-21(26)19-16(13-28-2)15-11-7-8-12-17(15)29-19/h4-12,18H,3,13H2,1-2H3,(H2,23,24,25,27)/t18-/m1/s1. The first kappa shape index (κ1) is 21.1. The van der Waals surface area contributed by atoms with Crippen molar-refractivity contribution in [3.63, 3.8) is 0 Å². The highest BCUT2D eigenvalue weighted by Crippen LogP contribution is 2.29. The molecule has 1 aromatic heterocycles. The molecule has 8 nitrogen and oxygen atoms in total. The van der Waals surface area contributed by atoms with Crippen LogP contribution in [0.1, 0.15) is 34.7 Å². The monoisotopic (exact) mass is 410 g/mol. The van der Waals surface area contributed by atoms with Gasteiger partial charge in [0.15, 0.2) is 0 Å². The Labute approximate surface area is 173 Å². The number of para-hydroxylation sites is 1. The molecule has 2 aromatic carbocycles. The van der Waals surface area contributed by atoms with E-state index in [1.165, 1.54) is 7.11 Å². The number of benzene rings is 2. The molecule has 0 unspecified atom stereocenters. The second-order valence-electron chi connectivity index (χ2n) is 6.38. The minimum atomic E-state index is -1.34. The number of carbonyl (C=O) groups is 3. The molecule has 2 N–H and O–H groups in total. The van der Waals surface area contributed by atoms with Crippen molar-refractivity contribution in [2.75, 3.05) is 13.7 Å². The smallest absolute Gasteiger partial charge is 0.375 e. The van der Waals surface area contributed by atoms with Crippen LogP contribution in [0.5, 0.6) is 0 Å². The van der Waals surface area contributed by atoms with Gasteiger partial charge in [-0.15, -0.1) is 0 Å². The molecule has 0 bridgehead atoms. The zero-order chi connectivity index (χ0) is 21.5. The van der Waals surface area contributed by atoms with Crippen molar-refractivity contribution < 1.29 is 28.3 Å². The Morgan fingerprint density at radius 2 is 1.73 bits per heavy atom. The highest BCUT2D eigenvalue weighted by atomic mass is 16.6. The predicted molar refractivity (Wildman–Crippen MR) is 109 cm³/mol. The maximum absolute atomic E-state index is 13.0. The van der Waals surface area contributed by atoms with Gasteiger partial charge in [0.1, 0.15) is 5.58 Å². The molecule has 0 saturated carbocycles. The van der Waals surface area contributed by atoms with Crippen LogP contribution < -0.4 is 10.6 Å². The van der Waals surface area contributed by atoms with Gasteiger partial charge < -0.3 is 19.2 Å². The van der Waals surface area contributed by atoms with Gasteiger partial charge in [0.05, 0.1) is 6.61 Å². The van der Waals surface area contributed by atoms with Gasteiger partial charge in [0.25, 0.3) is 5.91 Å². The van der Waals surface area contributed by atoms with Gasteiger partial charge >= 0.3 is 12.0 Å². The summed E-state index contributed by atoms with van der Waals surface area (Å²) in [6, 6.07) is 14.9. The van der Waals surface area contributed by atoms with Crippen LogP contribution in [0.4, 0.5) is 4.79 Å². The minimum Gasteiger partial charge on any atom is -0.449 e. The number of hydrogen-bond acceptors (Lipinski definition) is 6. The third kappa shape index (κ3) is 4.66. The van der Waals surface area contributed by atoms with E-state index in [-0.39, 0.29) is 12.4 Å². The average molecular weight is 410 g/mol. The number of furan rings is 1. The van der Waals surface area contributed by atoms with Crippen molar-refractivity contribution >= 4 is 28.9 Å². The molecule has 0 aliphatic heterocycles. The number of hydrogen-bond donors (Lipinski definition) is 2. The van der Waals surface area contributed by atoms with E-state index in [9.17, 15) is 14.4 Å². The van der Waals surface area contributed by atoms with Crippen LogP contribution in [0.2, 0.25) is 0 Å². The van der Waals surface area contributed by atoms with Crippen molar-refractivity contribution in [2.45, 2.75) is 19.6 Å². The lowest BCUT2D eigenvalue weighted by Crippen LogP contribution is -2.42.